The number of nitrogens with zero attached hydrogens (tertiary/aromatic N) is 2. The number of amides is 1. The Bertz CT molecular complexity index is 924. The van der Waals surface area contributed by atoms with Gasteiger partial charge in [-0.3, -0.25) is 4.79 Å². The van der Waals surface area contributed by atoms with E-state index in [0.29, 0.717) is 23.6 Å². The Hall–Kier alpha value is -3.35. The van der Waals surface area contributed by atoms with E-state index in [1.807, 2.05) is 37.3 Å². The zero-order valence-electron chi connectivity index (χ0n) is 14.1. The molecule has 1 unspecified atom stereocenters. The van der Waals surface area contributed by atoms with Crippen LogP contribution < -0.4 is 14.8 Å². The van der Waals surface area contributed by atoms with E-state index in [-0.39, 0.29) is 24.5 Å². The van der Waals surface area contributed by atoms with Crippen molar-refractivity contribution in [3.63, 3.8) is 0 Å². The van der Waals surface area contributed by atoms with Crippen LogP contribution >= 0.6 is 0 Å². The van der Waals surface area contributed by atoms with Crippen LogP contribution in [0.3, 0.4) is 0 Å². The Morgan fingerprint density at radius 2 is 1.92 bits per heavy atom. The number of ether oxygens (including phenoxy) is 2. The minimum Gasteiger partial charge on any atom is -0.454 e. The summed E-state index contributed by atoms with van der Waals surface area (Å²) in [6, 6.07) is 15.3. The van der Waals surface area contributed by atoms with Gasteiger partial charge >= 0.3 is 11.8 Å². The quantitative estimate of drug-likeness (QED) is 0.760. The van der Waals surface area contributed by atoms with Gasteiger partial charge in [-0.25, -0.2) is 0 Å². The summed E-state index contributed by atoms with van der Waals surface area (Å²) in [5, 5.41) is 10.6. The van der Waals surface area contributed by atoms with E-state index in [1.165, 1.54) is 0 Å². The molecule has 1 aliphatic rings. The maximum absolute atomic E-state index is 12.3. The fourth-order valence-corrected chi connectivity index (χ4v) is 2.68. The van der Waals surface area contributed by atoms with Crippen LogP contribution in [0.4, 0.5) is 0 Å². The van der Waals surface area contributed by atoms with Gasteiger partial charge in [0.25, 0.3) is 0 Å². The second-order valence-electron chi connectivity index (χ2n) is 6.00. The highest BCUT2D eigenvalue weighted by Crippen LogP contribution is 2.35. The Morgan fingerprint density at radius 3 is 2.77 bits per heavy atom. The molecule has 3 aromatic rings. The topological polar surface area (TPSA) is 86.5 Å². The largest absolute Gasteiger partial charge is 0.454 e. The van der Waals surface area contributed by atoms with E-state index >= 15 is 0 Å². The number of benzene rings is 2. The average Bonchev–Trinajstić information content (AvgIpc) is 3.35. The lowest BCUT2D eigenvalue weighted by atomic mass is 10.0. The molecule has 1 amide bonds. The molecule has 1 atom stereocenters. The van der Waals surface area contributed by atoms with Gasteiger partial charge in [-0.1, -0.05) is 37.3 Å². The van der Waals surface area contributed by atoms with Crippen LogP contribution in [0, 0.1) is 0 Å². The van der Waals surface area contributed by atoms with Crippen molar-refractivity contribution < 1.29 is 18.7 Å². The molecule has 1 aromatic heterocycles. The molecule has 7 nitrogen and oxygen atoms in total. The lowest BCUT2D eigenvalue weighted by molar-refractivity contribution is 0.0917. The number of nitrogens with one attached hydrogen (secondary N) is 1. The second kappa shape index (κ2) is 6.87. The molecule has 2 aromatic carbocycles. The summed E-state index contributed by atoms with van der Waals surface area (Å²) in [6.07, 6.45) is 0. The van der Waals surface area contributed by atoms with Crippen molar-refractivity contribution in [3.05, 3.63) is 60.0 Å². The van der Waals surface area contributed by atoms with Gasteiger partial charge in [0.05, 0.1) is 0 Å². The van der Waals surface area contributed by atoms with Gasteiger partial charge in [0.2, 0.25) is 12.7 Å². The molecular weight excluding hydrogens is 334 g/mol. The van der Waals surface area contributed by atoms with Gasteiger partial charge in [-0.05, 0) is 29.7 Å². The molecule has 2 heterocycles. The number of carbonyl (C=O) groups is 1. The van der Waals surface area contributed by atoms with E-state index in [0.717, 1.165) is 5.56 Å². The molecule has 0 saturated carbocycles. The zero-order chi connectivity index (χ0) is 17.9. The minimum atomic E-state index is -0.396. The fourth-order valence-electron chi connectivity index (χ4n) is 2.68. The number of carbonyl (C=O) groups excluding carboxylic acids is 1. The standard InChI is InChI=1S/C19H17N3O4/c1-12(13-5-3-2-4-6-13)10-20-17(23)19-22-21-18(26-19)14-7-8-15-16(9-14)25-11-24-15/h2-9,12H,10-11H2,1H3,(H,20,23). The molecule has 0 saturated heterocycles. The summed E-state index contributed by atoms with van der Waals surface area (Å²) < 4.78 is 16.1. The number of rotatable bonds is 5. The zero-order valence-corrected chi connectivity index (χ0v) is 14.1. The summed E-state index contributed by atoms with van der Waals surface area (Å²) in [4.78, 5) is 12.3. The summed E-state index contributed by atoms with van der Waals surface area (Å²) >= 11 is 0. The first-order valence-corrected chi connectivity index (χ1v) is 8.27. The third-order valence-electron chi connectivity index (χ3n) is 4.18. The molecule has 26 heavy (non-hydrogen) atoms. The fraction of sp³-hybridized carbons (Fsp3) is 0.211. The summed E-state index contributed by atoms with van der Waals surface area (Å²) in [6.45, 7) is 2.71. The van der Waals surface area contributed by atoms with E-state index in [9.17, 15) is 4.79 Å². The van der Waals surface area contributed by atoms with Crippen molar-refractivity contribution in [2.75, 3.05) is 13.3 Å². The lowest BCUT2D eigenvalue weighted by Gasteiger charge is -2.11. The van der Waals surface area contributed by atoms with E-state index < -0.39 is 5.91 Å². The highest BCUT2D eigenvalue weighted by atomic mass is 16.7. The number of hydrogen-bond acceptors (Lipinski definition) is 6. The first-order chi connectivity index (χ1) is 12.7. The Morgan fingerprint density at radius 1 is 1.12 bits per heavy atom. The highest BCUT2D eigenvalue weighted by Gasteiger charge is 2.19. The van der Waals surface area contributed by atoms with Crippen molar-refractivity contribution in [1.29, 1.82) is 0 Å². The molecule has 7 heteroatoms. The van der Waals surface area contributed by atoms with Crippen molar-refractivity contribution in [2.45, 2.75) is 12.8 Å². The van der Waals surface area contributed by atoms with Gasteiger partial charge in [-0.2, -0.15) is 0 Å². The maximum atomic E-state index is 12.3. The minimum absolute atomic E-state index is 0.0714. The lowest BCUT2D eigenvalue weighted by Crippen LogP contribution is -2.27. The third kappa shape index (κ3) is 3.23. The van der Waals surface area contributed by atoms with Gasteiger partial charge in [-0.15, -0.1) is 10.2 Å². The van der Waals surface area contributed by atoms with Crippen LogP contribution in [-0.4, -0.2) is 29.4 Å². The van der Waals surface area contributed by atoms with Crippen molar-refractivity contribution in [2.24, 2.45) is 0 Å². The van der Waals surface area contributed by atoms with E-state index in [1.54, 1.807) is 18.2 Å². The SMILES string of the molecule is CC(CNC(=O)c1nnc(-c2ccc3c(c2)OCO3)o1)c1ccccc1. The molecule has 1 N–H and O–H groups in total. The molecule has 1 aliphatic heterocycles. The summed E-state index contributed by atoms with van der Waals surface area (Å²) in [7, 11) is 0. The Labute approximate surface area is 150 Å². The van der Waals surface area contributed by atoms with Crippen LogP contribution in [0.15, 0.2) is 52.9 Å². The highest BCUT2D eigenvalue weighted by molar-refractivity contribution is 5.89. The normalized spacial score (nSPS) is 13.4. The smallest absolute Gasteiger partial charge is 0.308 e. The van der Waals surface area contributed by atoms with Crippen molar-refractivity contribution in [1.82, 2.24) is 15.5 Å². The first kappa shape index (κ1) is 16.1. The maximum Gasteiger partial charge on any atom is 0.308 e. The monoisotopic (exact) mass is 351 g/mol. The van der Waals surface area contributed by atoms with Crippen LogP contribution in [0.25, 0.3) is 11.5 Å². The Balaban J connectivity index is 1.42. The van der Waals surface area contributed by atoms with Gasteiger partial charge in [0, 0.05) is 12.1 Å². The predicted molar refractivity (Wildman–Crippen MR) is 93.0 cm³/mol. The third-order valence-corrected chi connectivity index (χ3v) is 4.18. The van der Waals surface area contributed by atoms with Crippen LogP contribution in [0.5, 0.6) is 11.5 Å². The average molecular weight is 351 g/mol. The molecule has 132 valence electrons. The van der Waals surface area contributed by atoms with E-state index in [2.05, 4.69) is 15.5 Å². The number of hydrogen-bond donors (Lipinski definition) is 1. The van der Waals surface area contributed by atoms with Crippen LogP contribution in [0.2, 0.25) is 0 Å². The van der Waals surface area contributed by atoms with Crippen LogP contribution in [-0.2, 0) is 0 Å². The molecule has 0 bridgehead atoms. The van der Waals surface area contributed by atoms with Crippen molar-refractivity contribution in [3.8, 4) is 23.0 Å². The number of fused-ring (bicyclic) bond motifs is 1. The first-order valence-electron chi connectivity index (χ1n) is 8.27. The van der Waals surface area contributed by atoms with E-state index in [4.69, 9.17) is 13.9 Å². The van der Waals surface area contributed by atoms with Crippen molar-refractivity contribution >= 4 is 5.91 Å². The summed E-state index contributed by atoms with van der Waals surface area (Å²) in [5.41, 5.74) is 1.82. The Kier molecular flexibility index (Phi) is 4.27. The molecule has 0 spiro atoms. The molecular formula is C19H17N3O4. The van der Waals surface area contributed by atoms with Gasteiger partial charge in [0.15, 0.2) is 11.5 Å². The molecule has 0 radical (unpaired) electrons. The predicted octanol–water partition coefficient (Wildman–Crippen LogP) is 3.00. The molecule has 0 fully saturated rings. The summed E-state index contributed by atoms with van der Waals surface area (Å²) in [5.74, 6) is 1.25. The second-order valence-corrected chi connectivity index (χ2v) is 6.00. The molecule has 4 rings (SSSR count). The number of aromatic nitrogens is 2. The van der Waals surface area contributed by atoms with Crippen LogP contribution in [0.1, 0.15) is 29.1 Å². The van der Waals surface area contributed by atoms with Gasteiger partial charge < -0.3 is 19.2 Å². The molecule has 0 aliphatic carbocycles. The van der Waals surface area contributed by atoms with Gasteiger partial charge in [0.1, 0.15) is 0 Å².